The van der Waals surface area contributed by atoms with Crippen LogP contribution in [-0.2, 0) is 0 Å². The van der Waals surface area contributed by atoms with E-state index in [1.165, 1.54) is 19.3 Å². The molecule has 18 heavy (non-hydrogen) atoms. The standard InChI is InChI=1S/C14H21N3O/c18-12-9-15-14(17-10-5-2-6-11-17)16-13-7-3-1-4-8-13/h1,3-4,7-8,18H,2,5-6,9-12H2,(H,15,16). The van der Waals surface area contributed by atoms with Crippen molar-refractivity contribution in [1.29, 1.82) is 0 Å². The Morgan fingerprint density at radius 2 is 1.89 bits per heavy atom. The lowest BCUT2D eigenvalue weighted by molar-refractivity contribution is 0.303. The molecule has 0 atom stereocenters. The van der Waals surface area contributed by atoms with Crippen LogP contribution in [0.1, 0.15) is 19.3 Å². The molecule has 0 amide bonds. The van der Waals surface area contributed by atoms with Gasteiger partial charge in [0.1, 0.15) is 0 Å². The van der Waals surface area contributed by atoms with Crippen LogP contribution >= 0.6 is 0 Å². The first-order valence-corrected chi connectivity index (χ1v) is 6.62. The molecule has 0 aromatic heterocycles. The highest BCUT2D eigenvalue weighted by Crippen LogP contribution is 2.12. The summed E-state index contributed by atoms with van der Waals surface area (Å²) in [5.41, 5.74) is 1.04. The second-order valence-corrected chi connectivity index (χ2v) is 4.47. The molecule has 1 saturated heterocycles. The summed E-state index contributed by atoms with van der Waals surface area (Å²) < 4.78 is 0. The van der Waals surface area contributed by atoms with Crippen LogP contribution < -0.4 is 5.32 Å². The fourth-order valence-electron chi connectivity index (χ4n) is 2.13. The van der Waals surface area contributed by atoms with Gasteiger partial charge in [-0.1, -0.05) is 18.2 Å². The van der Waals surface area contributed by atoms with Crippen LogP contribution in [-0.4, -0.2) is 42.2 Å². The molecule has 0 spiro atoms. The van der Waals surface area contributed by atoms with Crippen molar-refractivity contribution in [3.05, 3.63) is 30.3 Å². The number of aliphatic imine (C=N–C) groups is 1. The van der Waals surface area contributed by atoms with Crippen LogP contribution in [0.5, 0.6) is 0 Å². The lowest BCUT2D eigenvalue weighted by Crippen LogP contribution is -2.40. The second-order valence-electron chi connectivity index (χ2n) is 4.47. The van der Waals surface area contributed by atoms with E-state index in [0.717, 1.165) is 24.7 Å². The number of likely N-dealkylation sites (tertiary alicyclic amines) is 1. The molecule has 0 radical (unpaired) electrons. The van der Waals surface area contributed by atoms with Crippen molar-refractivity contribution in [2.24, 2.45) is 4.99 Å². The van der Waals surface area contributed by atoms with E-state index >= 15 is 0 Å². The van der Waals surface area contributed by atoms with Crippen molar-refractivity contribution in [3.63, 3.8) is 0 Å². The molecule has 98 valence electrons. The van der Waals surface area contributed by atoms with Gasteiger partial charge in [0, 0.05) is 18.8 Å². The Hall–Kier alpha value is -1.55. The predicted molar refractivity (Wildman–Crippen MR) is 74.9 cm³/mol. The summed E-state index contributed by atoms with van der Waals surface area (Å²) in [5, 5.41) is 12.3. The third-order valence-corrected chi connectivity index (χ3v) is 3.05. The van der Waals surface area contributed by atoms with Crippen LogP contribution in [0.15, 0.2) is 35.3 Å². The maximum absolute atomic E-state index is 8.93. The number of para-hydroxylation sites is 1. The normalized spacial score (nSPS) is 16.7. The van der Waals surface area contributed by atoms with E-state index in [1.54, 1.807) is 0 Å². The molecule has 0 saturated carbocycles. The van der Waals surface area contributed by atoms with Crippen molar-refractivity contribution in [2.75, 3.05) is 31.6 Å². The molecular weight excluding hydrogens is 226 g/mol. The Morgan fingerprint density at radius 3 is 2.56 bits per heavy atom. The van der Waals surface area contributed by atoms with Gasteiger partial charge in [0.05, 0.1) is 13.2 Å². The molecule has 2 rings (SSSR count). The number of aliphatic hydroxyl groups excluding tert-OH is 1. The Bertz CT molecular complexity index is 372. The number of nitrogens with one attached hydrogen (secondary N) is 1. The van der Waals surface area contributed by atoms with E-state index in [-0.39, 0.29) is 6.61 Å². The Kier molecular flexibility index (Phi) is 5.02. The zero-order chi connectivity index (χ0) is 12.6. The van der Waals surface area contributed by atoms with Gasteiger partial charge in [-0.05, 0) is 31.4 Å². The fourth-order valence-corrected chi connectivity index (χ4v) is 2.13. The molecule has 0 unspecified atom stereocenters. The zero-order valence-electron chi connectivity index (χ0n) is 10.7. The quantitative estimate of drug-likeness (QED) is 0.634. The largest absolute Gasteiger partial charge is 0.394 e. The molecule has 1 aliphatic heterocycles. The van der Waals surface area contributed by atoms with Crippen LogP contribution in [0.3, 0.4) is 0 Å². The molecule has 0 bridgehead atoms. The number of hydrogen-bond donors (Lipinski definition) is 2. The number of benzene rings is 1. The minimum atomic E-state index is 0.0911. The van der Waals surface area contributed by atoms with Gasteiger partial charge < -0.3 is 15.3 Å². The van der Waals surface area contributed by atoms with Crippen molar-refractivity contribution in [2.45, 2.75) is 19.3 Å². The van der Waals surface area contributed by atoms with Crippen LogP contribution in [0.4, 0.5) is 5.69 Å². The zero-order valence-corrected chi connectivity index (χ0v) is 10.7. The van der Waals surface area contributed by atoms with Gasteiger partial charge in [-0.3, -0.25) is 4.99 Å². The van der Waals surface area contributed by atoms with E-state index in [1.807, 2.05) is 30.3 Å². The molecule has 1 aromatic carbocycles. The van der Waals surface area contributed by atoms with Gasteiger partial charge in [0.2, 0.25) is 0 Å². The highest BCUT2D eigenvalue weighted by molar-refractivity contribution is 5.93. The smallest absolute Gasteiger partial charge is 0.198 e. The van der Waals surface area contributed by atoms with Crippen molar-refractivity contribution >= 4 is 11.6 Å². The van der Waals surface area contributed by atoms with E-state index in [2.05, 4.69) is 15.2 Å². The molecule has 1 aromatic rings. The summed E-state index contributed by atoms with van der Waals surface area (Å²) in [7, 11) is 0. The monoisotopic (exact) mass is 247 g/mol. The molecule has 1 fully saturated rings. The second kappa shape index (κ2) is 7.01. The first kappa shape index (κ1) is 12.9. The van der Waals surface area contributed by atoms with Gasteiger partial charge in [-0.25, -0.2) is 0 Å². The van der Waals surface area contributed by atoms with Crippen LogP contribution in [0.2, 0.25) is 0 Å². The molecular formula is C14H21N3O. The van der Waals surface area contributed by atoms with Gasteiger partial charge in [0.15, 0.2) is 5.96 Å². The predicted octanol–water partition coefficient (Wildman–Crippen LogP) is 1.93. The van der Waals surface area contributed by atoms with E-state index in [4.69, 9.17) is 5.11 Å². The first-order chi connectivity index (χ1) is 8.90. The van der Waals surface area contributed by atoms with Crippen molar-refractivity contribution in [3.8, 4) is 0 Å². The molecule has 0 aliphatic carbocycles. The molecule has 1 aliphatic rings. The molecule has 1 heterocycles. The highest BCUT2D eigenvalue weighted by Gasteiger charge is 2.14. The highest BCUT2D eigenvalue weighted by atomic mass is 16.3. The van der Waals surface area contributed by atoms with E-state index in [9.17, 15) is 0 Å². The van der Waals surface area contributed by atoms with Crippen LogP contribution in [0, 0.1) is 0 Å². The average molecular weight is 247 g/mol. The van der Waals surface area contributed by atoms with E-state index in [0.29, 0.717) is 6.54 Å². The van der Waals surface area contributed by atoms with E-state index < -0.39 is 0 Å². The van der Waals surface area contributed by atoms with Gasteiger partial charge >= 0.3 is 0 Å². The summed E-state index contributed by atoms with van der Waals surface area (Å²) in [5.74, 6) is 0.884. The Morgan fingerprint density at radius 1 is 1.17 bits per heavy atom. The summed E-state index contributed by atoms with van der Waals surface area (Å²) in [6.07, 6.45) is 3.73. The van der Waals surface area contributed by atoms with Crippen LogP contribution in [0.25, 0.3) is 0 Å². The topological polar surface area (TPSA) is 47.9 Å². The Balaban J connectivity index is 2.05. The Labute approximate surface area is 108 Å². The number of nitrogens with zero attached hydrogens (tertiary/aromatic N) is 2. The number of aliphatic hydroxyl groups is 1. The number of anilines is 1. The SMILES string of the molecule is OCCN=C(Nc1ccccc1)N1CCCCC1. The lowest BCUT2D eigenvalue weighted by Gasteiger charge is -2.30. The van der Waals surface area contributed by atoms with Gasteiger partial charge in [-0.15, -0.1) is 0 Å². The van der Waals surface area contributed by atoms with Gasteiger partial charge in [-0.2, -0.15) is 0 Å². The third-order valence-electron chi connectivity index (χ3n) is 3.05. The molecule has 4 nitrogen and oxygen atoms in total. The summed E-state index contributed by atoms with van der Waals surface area (Å²) in [6.45, 7) is 2.63. The third kappa shape index (κ3) is 3.74. The number of guanidine groups is 1. The minimum absolute atomic E-state index is 0.0911. The summed E-state index contributed by atoms with van der Waals surface area (Å²) in [6, 6.07) is 10.1. The number of rotatable bonds is 3. The summed E-state index contributed by atoms with van der Waals surface area (Å²) in [4.78, 5) is 6.71. The fraction of sp³-hybridized carbons (Fsp3) is 0.500. The maximum Gasteiger partial charge on any atom is 0.198 e. The summed E-state index contributed by atoms with van der Waals surface area (Å²) >= 11 is 0. The molecule has 2 N–H and O–H groups in total. The average Bonchev–Trinajstić information content (AvgIpc) is 2.45. The maximum atomic E-state index is 8.93. The lowest BCUT2D eigenvalue weighted by atomic mass is 10.1. The molecule has 4 heteroatoms. The number of piperidine rings is 1. The number of hydrogen-bond acceptors (Lipinski definition) is 2. The first-order valence-electron chi connectivity index (χ1n) is 6.62. The van der Waals surface area contributed by atoms with Crippen molar-refractivity contribution < 1.29 is 5.11 Å². The van der Waals surface area contributed by atoms with Crippen molar-refractivity contribution in [1.82, 2.24) is 4.90 Å². The minimum Gasteiger partial charge on any atom is -0.394 e. The van der Waals surface area contributed by atoms with Gasteiger partial charge in [0.25, 0.3) is 0 Å².